The van der Waals surface area contributed by atoms with Gasteiger partial charge in [0.25, 0.3) is 0 Å². The number of H-pyrrole nitrogens is 1. The van der Waals surface area contributed by atoms with Gasteiger partial charge in [0, 0.05) is 7.05 Å². The van der Waals surface area contributed by atoms with Crippen LogP contribution in [0.25, 0.3) is 0 Å². The summed E-state index contributed by atoms with van der Waals surface area (Å²) in [7, 11) is 1.58. The number of rotatable bonds is 2. The summed E-state index contributed by atoms with van der Waals surface area (Å²) in [5.41, 5.74) is 5.98. The number of aromatic nitrogens is 4. The van der Waals surface area contributed by atoms with Gasteiger partial charge in [-0.2, -0.15) is 5.26 Å². The van der Waals surface area contributed by atoms with Gasteiger partial charge in [0.2, 0.25) is 0 Å². The minimum Gasteiger partial charge on any atom is -0.397 e. The van der Waals surface area contributed by atoms with Crippen molar-refractivity contribution in [2.24, 2.45) is 7.05 Å². The van der Waals surface area contributed by atoms with Gasteiger partial charge < -0.3 is 5.73 Å². The van der Waals surface area contributed by atoms with Crippen LogP contribution in [0.5, 0.6) is 0 Å². The normalized spacial score (nSPS) is 10.1. The molecule has 0 atom stereocenters. The van der Waals surface area contributed by atoms with E-state index in [1.807, 2.05) is 6.07 Å². The van der Waals surface area contributed by atoms with Gasteiger partial charge in [-0.1, -0.05) is 0 Å². The highest BCUT2D eigenvalue weighted by atomic mass is 32.2. The van der Waals surface area contributed by atoms with Crippen LogP contribution in [0.4, 0.5) is 5.69 Å². The molecule has 2 aromatic rings. The molecule has 2 rings (SSSR count). The number of nitrogens with two attached hydrogens (primary N) is 1. The summed E-state index contributed by atoms with van der Waals surface area (Å²) in [6, 6.07) is 3.52. The molecular formula is C9H8N6OS. The molecule has 7 nitrogen and oxygen atoms in total. The average molecular weight is 248 g/mol. The first-order valence-corrected chi connectivity index (χ1v) is 5.38. The molecule has 17 heavy (non-hydrogen) atoms. The molecule has 0 bridgehead atoms. The van der Waals surface area contributed by atoms with E-state index in [4.69, 9.17) is 11.0 Å². The number of anilines is 1. The molecule has 8 heteroatoms. The summed E-state index contributed by atoms with van der Waals surface area (Å²) < 4.78 is 1.34. The molecular weight excluding hydrogens is 240 g/mol. The second kappa shape index (κ2) is 4.31. The van der Waals surface area contributed by atoms with Crippen LogP contribution in [0.15, 0.2) is 27.2 Å². The number of pyridine rings is 1. The Morgan fingerprint density at radius 1 is 1.65 bits per heavy atom. The van der Waals surface area contributed by atoms with Crippen molar-refractivity contribution in [1.82, 2.24) is 19.7 Å². The standard InChI is InChI=1S/C9H8N6OS/c1-15-8(16)13-14-9(15)17-7-5(3-10)2-6(11)4-12-7/h2,4H,11H2,1H3,(H,13,16). The second-order valence-electron chi connectivity index (χ2n) is 3.21. The van der Waals surface area contributed by atoms with Gasteiger partial charge in [-0.25, -0.2) is 14.9 Å². The summed E-state index contributed by atoms with van der Waals surface area (Å²) in [5.74, 6) is 0. The van der Waals surface area contributed by atoms with Gasteiger partial charge in [-0.15, -0.1) is 5.10 Å². The molecule has 0 aliphatic heterocycles. The molecule has 0 spiro atoms. The first kappa shape index (κ1) is 11.2. The lowest BCUT2D eigenvalue weighted by molar-refractivity contribution is 0.764. The second-order valence-corrected chi connectivity index (χ2v) is 4.16. The van der Waals surface area contributed by atoms with Crippen molar-refractivity contribution >= 4 is 17.4 Å². The molecule has 0 saturated carbocycles. The van der Waals surface area contributed by atoms with E-state index >= 15 is 0 Å². The van der Waals surface area contributed by atoms with Crippen molar-refractivity contribution in [2.45, 2.75) is 10.2 Å². The molecule has 0 aliphatic rings. The van der Waals surface area contributed by atoms with E-state index in [2.05, 4.69) is 15.2 Å². The maximum Gasteiger partial charge on any atom is 0.343 e. The summed E-state index contributed by atoms with van der Waals surface area (Å²) in [6.45, 7) is 0. The van der Waals surface area contributed by atoms with Gasteiger partial charge in [-0.3, -0.25) is 4.57 Å². The van der Waals surface area contributed by atoms with E-state index in [0.29, 0.717) is 21.4 Å². The third-order valence-electron chi connectivity index (χ3n) is 2.02. The molecule has 2 aromatic heterocycles. The molecule has 0 saturated heterocycles. The van der Waals surface area contributed by atoms with Crippen molar-refractivity contribution in [3.8, 4) is 6.07 Å². The molecule has 0 aromatic carbocycles. The molecule has 0 amide bonds. The van der Waals surface area contributed by atoms with Crippen molar-refractivity contribution in [3.05, 3.63) is 28.3 Å². The van der Waals surface area contributed by atoms with Crippen molar-refractivity contribution in [3.63, 3.8) is 0 Å². The highest BCUT2D eigenvalue weighted by Gasteiger charge is 2.11. The third kappa shape index (κ3) is 2.14. The van der Waals surface area contributed by atoms with E-state index in [0.717, 1.165) is 11.8 Å². The zero-order valence-corrected chi connectivity index (χ0v) is 9.65. The van der Waals surface area contributed by atoms with Crippen LogP contribution in [-0.4, -0.2) is 19.7 Å². The maximum absolute atomic E-state index is 11.2. The minimum absolute atomic E-state index is 0.318. The minimum atomic E-state index is -0.318. The van der Waals surface area contributed by atoms with Gasteiger partial charge in [0.05, 0.1) is 17.4 Å². The number of nitrogen functional groups attached to an aromatic ring is 1. The number of nitrogens with zero attached hydrogens (tertiary/aromatic N) is 4. The molecule has 0 fully saturated rings. The Balaban J connectivity index is 2.40. The van der Waals surface area contributed by atoms with E-state index in [-0.39, 0.29) is 5.69 Å². The van der Waals surface area contributed by atoms with Gasteiger partial charge in [0.15, 0.2) is 5.16 Å². The maximum atomic E-state index is 11.2. The zero-order chi connectivity index (χ0) is 12.4. The molecule has 86 valence electrons. The first-order valence-electron chi connectivity index (χ1n) is 4.56. The Morgan fingerprint density at radius 3 is 3.00 bits per heavy atom. The summed E-state index contributed by atoms with van der Waals surface area (Å²) >= 11 is 1.13. The Hall–Kier alpha value is -2.27. The summed E-state index contributed by atoms with van der Waals surface area (Å²) in [6.07, 6.45) is 1.45. The van der Waals surface area contributed by atoms with E-state index < -0.39 is 0 Å². The van der Waals surface area contributed by atoms with Crippen LogP contribution in [0.2, 0.25) is 0 Å². The lowest BCUT2D eigenvalue weighted by Gasteiger charge is -2.02. The fourth-order valence-corrected chi connectivity index (χ4v) is 1.94. The van der Waals surface area contributed by atoms with Gasteiger partial charge in [0.1, 0.15) is 11.1 Å². The predicted octanol–water partition coefficient (Wildman–Crippen LogP) is 0.108. The number of aromatic amines is 1. The smallest absolute Gasteiger partial charge is 0.343 e. The molecule has 0 aliphatic carbocycles. The quantitative estimate of drug-likeness (QED) is 0.779. The summed E-state index contributed by atoms with van der Waals surface area (Å²) in [4.78, 5) is 15.2. The highest BCUT2D eigenvalue weighted by molar-refractivity contribution is 7.99. The van der Waals surface area contributed by atoms with E-state index in [1.165, 1.54) is 16.8 Å². The molecule has 0 radical (unpaired) electrons. The zero-order valence-electron chi connectivity index (χ0n) is 8.84. The Kier molecular flexibility index (Phi) is 2.84. The predicted molar refractivity (Wildman–Crippen MR) is 61.3 cm³/mol. The fraction of sp³-hybridized carbons (Fsp3) is 0.111. The lowest BCUT2D eigenvalue weighted by atomic mass is 10.3. The van der Waals surface area contributed by atoms with Gasteiger partial charge >= 0.3 is 5.69 Å². The Labute approximate surface area is 100 Å². The van der Waals surface area contributed by atoms with Crippen molar-refractivity contribution in [2.75, 3.05) is 5.73 Å². The van der Waals surface area contributed by atoms with Crippen LogP contribution < -0.4 is 11.4 Å². The SMILES string of the molecule is Cn1c(Sc2ncc(N)cc2C#N)n[nH]c1=O. The van der Waals surface area contributed by atoms with Crippen molar-refractivity contribution < 1.29 is 0 Å². The number of hydrogen-bond donors (Lipinski definition) is 2. The molecule has 3 N–H and O–H groups in total. The third-order valence-corrected chi connectivity index (χ3v) is 3.09. The number of hydrogen-bond acceptors (Lipinski definition) is 6. The van der Waals surface area contributed by atoms with Crippen LogP contribution in [0, 0.1) is 11.3 Å². The topological polar surface area (TPSA) is 113 Å². The first-order chi connectivity index (χ1) is 8.11. The van der Waals surface area contributed by atoms with Crippen LogP contribution in [-0.2, 0) is 7.05 Å². The van der Waals surface area contributed by atoms with E-state index in [1.54, 1.807) is 7.05 Å². The number of nitrogens with one attached hydrogen (secondary N) is 1. The van der Waals surface area contributed by atoms with Crippen molar-refractivity contribution in [1.29, 1.82) is 5.26 Å². The number of nitriles is 1. The average Bonchev–Trinajstić information content (AvgIpc) is 2.63. The largest absolute Gasteiger partial charge is 0.397 e. The lowest BCUT2D eigenvalue weighted by Crippen LogP contribution is -2.12. The van der Waals surface area contributed by atoms with Crippen LogP contribution >= 0.6 is 11.8 Å². The fourth-order valence-electron chi connectivity index (χ4n) is 1.14. The van der Waals surface area contributed by atoms with Crippen LogP contribution in [0.1, 0.15) is 5.56 Å². The monoisotopic (exact) mass is 248 g/mol. The van der Waals surface area contributed by atoms with Crippen LogP contribution in [0.3, 0.4) is 0 Å². The van der Waals surface area contributed by atoms with Gasteiger partial charge in [-0.05, 0) is 17.8 Å². The Morgan fingerprint density at radius 2 is 2.41 bits per heavy atom. The van der Waals surface area contributed by atoms with E-state index in [9.17, 15) is 4.79 Å². The summed E-state index contributed by atoms with van der Waals surface area (Å²) in [5, 5.41) is 16.0. The Bertz CT molecular complexity index is 652. The highest BCUT2D eigenvalue weighted by Crippen LogP contribution is 2.26. The molecule has 0 unspecified atom stereocenters. The molecule has 2 heterocycles.